The van der Waals surface area contributed by atoms with Crippen LogP contribution >= 0.6 is 0 Å². The molecule has 1 unspecified atom stereocenters. The van der Waals surface area contributed by atoms with Crippen molar-refractivity contribution >= 4 is 21.1 Å². The van der Waals surface area contributed by atoms with Gasteiger partial charge in [0, 0.05) is 6.54 Å². The fourth-order valence-electron chi connectivity index (χ4n) is 3.62. The van der Waals surface area contributed by atoms with Crippen molar-refractivity contribution in [3.05, 3.63) is 59.7 Å². The van der Waals surface area contributed by atoms with Gasteiger partial charge in [0.25, 0.3) is 0 Å². The number of aromatic nitrogens is 2. The normalized spacial score (nSPS) is 18.6. The van der Waals surface area contributed by atoms with E-state index in [9.17, 15) is 12.8 Å². The highest BCUT2D eigenvalue weighted by Gasteiger charge is 2.37. The van der Waals surface area contributed by atoms with E-state index in [2.05, 4.69) is 23.8 Å². The van der Waals surface area contributed by atoms with Crippen LogP contribution in [0.2, 0.25) is 0 Å². The van der Waals surface area contributed by atoms with Crippen molar-refractivity contribution in [2.24, 2.45) is 0 Å². The number of aromatic amines is 1. The monoisotopic (exact) mass is 387 g/mol. The molecule has 0 amide bonds. The minimum atomic E-state index is -3.62. The van der Waals surface area contributed by atoms with Crippen molar-refractivity contribution in [2.75, 3.05) is 6.54 Å². The van der Waals surface area contributed by atoms with E-state index in [1.165, 1.54) is 16.4 Å². The highest BCUT2D eigenvalue weighted by atomic mass is 32.2. The van der Waals surface area contributed by atoms with Gasteiger partial charge in [-0.25, -0.2) is 17.8 Å². The summed E-state index contributed by atoms with van der Waals surface area (Å²) >= 11 is 0. The minimum absolute atomic E-state index is 0.293. The van der Waals surface area contributed by atoms with Gasteiger partial charge < -0.3 is 4.98 Å². The molecule has 2 heterocycles. The number of hydrogen-bond acceptors (Lipinski definition) is 3. The first-order valence-electron chi connectivity index (χ1n) is 9.13. The average Bonchev–Trinajstić information content (AvgIpc) is 3.28. The van der Waals surface area contributed by atoms with Crippen molar-refractivity contribution in [1.82, 2.24) is 14.3 Å². The number of hydrogen-bond donors (Lipinski definition) is 1. The third-order valence-electron chi connectivity index (χ3n) is 5.13. The molecule has 142 valence electrons. The summed E-state index contributed by atoms with van der Waals surface area (Å²) in [6.45, 7) is 4.60. The summed E-state index contributed by atoms with van der Waals surface area (Å²) in [5, 5.41) is 0. The molecular weight excluding hydrogens is 365 g/mol. The Morgan fingerprint density at radius 3 is 2.63 bits per heavy atom. The van der Waals surface area contributed by atoms with Gasteiger partial charge in [0.1, 0.15) is 11.6 Å². The predicted molar refractivity (Wildman–Crippen MR) is 102 cm³/mol. The third-order valence-corrected chi connectivity index (χ3v) is 7.06. The van der Waals surface area contributed by atoms with Crippen LogP contribution in [0.3, 0.4) is 0 Å². The van der Waals surface area contributed by atoms with Crippen LogP contribution in [0.4, 0.5) is 4.39 Å². The SMILES string of the molecule is CC(C)c1ccc(S(=O)(=O)N2CCCC2c2nc3ccc(F)cc3[nH]2)cc1. The summed E-state index contributed by atoms with van der Waals surface area (Å²) in [4.78, 5) is 7.89. The molecule has 1 aliphatic heterocycles. The van der Waals surface area contributed by atoms with Gasteiger partial charge in [-0.15, -0.1) is 0 Å². The lowest BCUT2D eigenvalue weighted by Gasteiger charge is -2.23. The van der Waals surface area contributed by atoms with Crippen molar-refractivity contribution in [2.45, 2.75) is 43.5 Å². The molecule has 1 N–H and O–H groups in total. The number of benzene rings is 2. The van der Waals surface area contributed by atoms with Crippen LogP contribution in [0, 0.1) is 5.82 Å². The molecule has 0 aliphatic carbocycles. The van der Waals surface area contributed by atoms with E-state index in [-0.39, 0.29) is 11.9 Å². The van der Waals surface area contributed by atoms with Crippen LogP contribution in [-0.4, -0.2) is 29.2 Å². The van der Waals surface area contributed by atoms with Crippen LogP contribution in [0.1, 0.15) is 50.0 Å². The first-order valence-corrected chi connectivity index (χ1v) is 10.6. The van der Waals surface area contributed by atoms with E-state index in [0.29, 0.717) is 40.6 Å². The zero-order valence-corrected chi connectivity index (χ0v) is 16.1. The molecule has 1 aromatic heterocycles. The zero-order chi connectivity index (χ0) is 19.2. The lowest BCUT2D eigenvalue weighted by molar-refractivity contribution is 0.385. The summed E-state index contributed by atoms with van der Waals surface area (Å²) in [6.07, 6.45) is 1.45. The van der Waals surface area contributed by atoms with Gasteiger partial charge in [0.05, 0.1) is 22.0 Å². The molecule has 1 saturated heterocycles. The number of imidazole rings is 1. The Labute approximate surface area is 158 Å². The summed E-state index contributed by atoms with van der Waals surface area (Å²) in [5.74, 6) is 0.562. The standard InChI is InChI=1S/C20H22FN3O2S/c1-13(2)14-5-8-16(9-6-14)27(25,26)24-11-3-4-19(24)20-22-17-10-7-15(21)12-18(17)23-20/h5-10,12-13,19H,3-4,11H2,1-2H3,(H,22,23). The maximum Gasteiger partial charge on any atom is 0.243 e. The van der Waals surface area contributed by atoms with E-state index < -0.39 is 10.0 Å². The Balaban J connectivity index is 1.68. The second-order valence-corrected chi connectivity index (χ2v) is 9.17. The minimum Gasteiger partial charge on any atom is -0.341 e. The van der Waals surface area contributed by atoms with Gasteiger partial charge in [-0.05, 0) is 54.7 Å². The number of nitrogens with zero attached hydrogens (tertiary/aromatic N) is 2. The first-order chi connectivity index (χ1) is 12.9. The third kappa shape index (κ3) is 3.26. The van der Waals surface area contributed by atoms with E-state index >= 15 is 0 Å². The maximum atomic E-state index is 13.4. The molecule has 0 bridgehead atoms. The Morgan fingerprint density at radius 1 is 1.19 bits per heavy atom. The van der Waals surface area contributed by atoms with Gasteiger partial charge in [0.2, 0.25) is 10.0 Å². The number of rotatable bonds is 4. The maximum absolute atomic E-state index is 13.4. The molecule has 5 nitrogen and oxygen atoms in total. The molecule has 7 heteroatoms. The lowest BCUT2D eigenvalue weighted by atomic mass is 10.0. The van der Waals surface area contributed by atoms with Crippen LogP contribution < -0.4 is 0 Å². The van der Waals surface area contributed by atoms with Crippen LogP contribution in [0.15, 0.2) is 47.4 Å². The molecule has 1 fully saturated rings. The number of fused-ring (bicyclic) bond motifs is 1. The van der Waals surface area contributed by atoms with Crippen molar-refractivity contribution in [3.63, 3.8) is 0 Å². The molecular formula is C20H22FN3O2S. The van der Waals surface area contributed by atoms with Crippen LogP contribution in [0.25, 0.3) is 11.0 Å². The lowest BCUT2D eigenvalue weighted by Crippen LogP contribution is -2.31. The Bertz CT molecular complexity index is 1070. The van der Waals surface area contributed by atoms with Gasteiger partial charge in [-0.2, -0.15) is 4.31 Å². The molecule has 4 rings (SSSR count). The molecule has 0 spiro atoms. The molecule has 0 saturated carbocycles. The van der Waals surface area contributed by atoms with E-state index in [4.69, 9.17) is 0 Å². The first kappa shape index (κ1) is 18.1. The van der Waals surface area contributed by atoms with Crippen LogP contribution in [0.5, 0.6) is 0 Å². The summed E-state index contributed by atoms with van der Waals surface area (Å²) in [5.41, 5.74) is 2.32. The van der Waals surface area contributed by atoms with Gasteiger partial charge >= 0.3 is 0 Å². The summed E-state index contributed by atoms with van der Waals surface area (Å²) < 4.78 is 41.3. The highest BCUT2D eigenvalue weighted by Crippen LogP contribution is 2.36. The second-order valence-electron chi connectivity index (χ2n) is 7.28. The number of sulfonamides is 1. The molecule has 27 heavy (non-hydrogen) atoms. The number of nitrogens with one attached hydrogen (secondary N) is 1. The Hall–Kier alpha value is -2.25. The molecule has 1 atom stereocenters. The largest absolute Gasteiger partial charge is 0.341 e. The van der Waals surface area contributed by atoms with Gasteiger partial charge in [-0.1, -0.05) is 26.0 Å². The van der Waals surface area contributed by atoms with E-state index in [0.717, 1.165) is 12.0 Å². The zero-order valence-electron chi connectivity index (χ0n) is 15.3. The van der Waals surface area contributed by atoms with Crippen LogP contribution in [-0.2, 0) is 10.0 Å². The Kier molecular flexibility index (Phi) is 4.52. The molecule has 3 aromatic rings. The van der Waals surface area contributed by atoms with E-state index in [1.54, 1.807) is 18.2 Å². The molecule has 1 aliphatic rings. The van der Waals surface area contributed by atoms with Gasteiger partial charge in [0.15, 0.2) is 0 Å². The Morgan fingerprint density at radius 2 is 1.93 bits per heavy atom. The van der Waals surface area contributed by atoms with E-state index in [1.807, 2.05) is 12.1 Å². The van der Waals surface area contributed by atoms with Crippen molar-refractivity contribution in [1.29, 1.82) is 0 Å². The quantitative estimate of drug-likeness (QED) is 0.724. The van der Waals surface area contributed by atoms with Crippen molar-refractivity contribution in [3.8, 4) is 0 Å². The fourth-order valence-corrected chi connectivity index (χ4v) is 5.28. The molecule has 0 radical (unpaired) electrons. The smallest absolute Gasteiger partial charge is 0.243 e. The summed E-state index contributed by atoms with van der Waals surface area (Å²) in [6, 6.07) is 11.1. The summed E-state index contributed by atoms with van der Waals surface area (Å²) in [7, 11) is -3.62. The molecule has 2 aromatic carbocycles. The topological polar surface area (TPSA) is 66.1 Å². The highest BCUT2D eigenvalue weighted by molar-refractivity contribution is 7.89. The number of halogens is 1. The van der Waals surface area contributed by atoms with Crippen molar-refractivity contribution < 1.29 is 12.8 Å². The number of H-pyrrole nitrogens is 1. The fraction of sp³-hybridized carbons (Fsp3) is 0.350. The van der Waals surface area contributed by atoms with Gasteiger partial charge in [-0.3, -0.25) is 0 Å². The predicted octanol–water partition coefficient (Wildman–Crippen LogP) is 4.35. The second kappa shape index (κ2) is 6.73. The average molecular weight is 387 g/mol.